The lowest BCUT2D eigenvalue weighted by atomic mass is 10.1. The monoisotopic (exact) mass is 184 g/mol. The highest BCUT2D eigenvalue weighted by Gasteiger charge is 2.29. The van der Waals surface area contributed by atoms with E-state index in [1.165, 1.54) is 0 Å². The third-order valence-electron chi connectivity index (χ3n) is 2.18. The minimum absolute atomic E-state index is 0.473. The van der Waals surface area contributed by atoms with Gasteiger partial charge in [0.25, 0.3) is 5.91 Å². The summed E-state index contributed by atoms with van der Waals surface area (Å²) in [5.41, 5.74) is 5.58. The van der Waals surface area contributed by atoms with E-state index in [9.17, 15) is 9.59 Å². The van der Waals surface area contributed by atoms with Gasteiger partial charge in [0.1, 0.15) is 0 Å². The number of likely N-dealkylation sites (N-methyl/N-ethyl adjacent to an activating group) is 1. The second kappa shape index (κ2) is 4.37. The van der Waals surface area contributed by atoms with Crippen LogP contribution in [0.15, 0.2) is 0 Å². The van der Waals surface area contributed by atoms with Crippen LogP contribution in [0.1, 0.15) is 26.2 Å². The molecular weight excluding hydrogens is 168 g/mol. The molecule has 1 rings (SSSR count). The molecule has 1 unspecified atom stereocenters. The summed E-state index contributed by atoms with van der Waals surface area (Å²) in [7, 11) is 0. The number of ketones is 1. The van der Waals surface area contributed by atoms with E-state index in [4.69, 9.17) is 5.73 Å². The molecule has 0 heterocycles. The lowest BCUT2D eigenvalue weighted by Crippen LogP contribution is -2.42. The molecule has 1 aliphatic carbocycles. The van der Waals surface area contributed by atoms with Crippen LogP contribution in [0, 0.1) is 5.92 Å². The summed E-state index contributed by atoms with van der Waals surface area (Å²) in [5, 5.41) is 2.45. The number of hydrogen-bond donors (Lipinski definition) is 2. The number of nitrogens with one attached hydrogen (secondary N) is 1. The third kappa shape index (κ3) is 3.14. The molecule has 3 N–H and O–H groups in total. The van der Waals surface area contributed by atoms with Crippen LogP contribution in [-0.2, 0) is 9.59 Å². The molecule has 1 fully saturated rings. The van der Waals surface area contributed by atoms with Crippen LogP contribution in [-0.4, -0.2) is 24.3 Å². The van der Waals surface area contributed by atoms with Crippen molar-refractivity contribution in [1.29, 1.82) is 0 Å². The lowest BCUT2D eigenvalue weighted by molar-refractivity contribution is -0.138. The maximum Gasteiger partial charge on any atom is 0.289 e. The van der Waals surface area contributed by atoms with Gasteiger partial charge in [-0.3, -0.25) is 9.59 Å². The molecule has 1 aliphatic rings. The van der Waals surface area contributed by atoms with Crippen molar-refractivity contribution in [3.8, 4) is 0 Å². The van der Waals surface area contributed by atoms with Crippen molar-refractivity contribution in [2.45, 2.75) is 32.2 Å². The average molecular weight is 184 g/mol. The number of hydrogen-bond acceptors (Lipinski definition) is 3. The molecule has 0 aromatic rings. The highest BCUT2D eigenvalue weighted by atomic mass is 16.2. The lowest BCUT2D eigenvalue weighted by Gasteiger charge is -2.08. The number of carbonyl (C=O) groups is 2. The van der Waals surface area contributed by atoms with Crippen molar-refractivity contribution >= 4 is 11.7 Å². The molecule has 0 aromatic carbocycles. The zero-order valence-corrected chi connectivity index (χ0v) is 7.88. The van der Waals surface area contributed by atoms with Crippen LogP contribution in [0.5, 0.6) is 0 Å². The number of Topliss-reactive ketones (excluding diaryl/α,β-unsaturated/α-hetero) is 1. The van der Waals surface area contributed by atoms with Crippen molar-refractivity contribution in [3.05, 3.63) is 0 Å². The van der Waals surface area contributed by atoms with E-state index < -0.39 is 17.7 Å². The summed E-state index contributed by atoms with van der Waals surface area (Å²) in [4.78, 5) is 22.3. The van der Waals surface area contributed by atoms with Gasteiger partial charge in [-0.15, -0.1) is 0 Å². The maximum absolute atomic E-state index is 11.3. The SMILES string of the molecule is CCNC(=O)C(=O)C(N)CC1CC1. The van der Waals surface area contributed by atoms with Gasteiger partial charge in [-0.1, -0.05) is 12.8 Å². The first-order valence-electron chi connectivity index (χ1n) is 4.72. The number of nitrogens with two attached hydrogens (primary N) is 1. The average Bonchev–Trinajstić information content (AvgIpc) is 2.87. The molecule has 1 atom stereocenters. The Morgan fingerprint density at radius 1 is 1.54 bits per heavy atom. The van der Waals surface area contributed by atoms with Crippen molar-refractivity contribution in [2.75, 3.05) is 6.54 Å². The molecule has 0 spiro atoms. The molecule has 0 aromatic heterocycles. The molecule has 1 saturated carbocycles. The van der Waals surface area contributed by atoms with Gasteiger partial charge in [0.15, 0.2) is 0 Å². The Balaban J connectivity index is 2.31. The minimum Gasteiger partial charge on any atom is -0.350 e. The fourth-order valence-corrected chi connectivity index (χ4v) is 1.24. The smallest absolute Gasteiger partial charge is 0.289 e. The standard InChI is InChI=1S/C9H16N2O2/c1-2-11-9(13)8(12)7(10)5-6-3-4-6/h6-7H,2-5,10H2,1H3,(H,11,13). The minimum atomic E-state index is -0.598. The highest BCUT2D eigenvalue weighted by molar-refractivity contribution is 6.38. The predicted molar refractivity (Wildman–Crippen MR) is 49.0 cm³/mol. The number of amides is 1. The van der Waals surface area contributed by atoms with E-state index >= 15 is 0 Å². The first kappa shape index (κ1) is 10.2. The Hall–Kier alpha value is -0.900. The van der Waals surface area contributed by atoms with Crippen LogP contribution >= 0.6 is 0 Å². The van der Waals surface area contributed by atoms with E-state index in [1.807, 2.05) is 0 Å². The summed E-state index contributed by atoms with van der Waals surface area (Å²) in [6.45, 7) is 2.25. The van der Waals surface area contributed by atoms with Crippen molar-refractivity contribution in [2.24, 2.45) is 11.7 Å². The van der Waals surface area contributed by atoms with Crippen molar-refractivity contribution in [3.63, 3.8) is 0 Å². The molecular formula is C9H16N2O2. The maximum atomic E-state index is 11.3. The first-order valence-corrected chi connectivity index (χ1v) is 4.72. The van der Waals surface area contributed by atoms with E-state index in [0.29, 0.717) is 18.9 Å². The Morgan fingerprint density at radius 3 is 2.62 bits per heavy atom. The van der Waals surface area contributed by atoms with Gasteiger partial charge in [0.2, 0.25) is 5.78 Å². The quantitative estimate of drug-likeness (QED) is 0.582. The summed E-state index contributed by atoms with van der Waals surface area (Å²) >= 11 is 0. The summed E-state index contributed by atoms with van der Waals surface area (Å²) in [6.07, 6.45) is 2.96. The van der Waals surface area contributed by atoms with Crippen molar-refractivity contribution < 1.29 is 9.59 Å². The largest absolute Gasteiger partial charge is 0.350 e. The topological polar surface area (TPSA) is 72.2 Å². The third-order valence-corrected chi connectivity index (χ3v) is 2.18. The molecule has 1 amide bonds. The molecule has 0 bridgehead atoms. The van der Waals surface area contributed by atoms with Crippen LogP contribution in [0.3, 0.4) is 0 Å². The van der Waals surface area contributed by atoms with Gasteiger partial charge in [-0.25, -0.2) is 0 Å². The molecule has 74 valence electrons. The van der Waals surface area contributed by atoms with Gasteiger partial charge in [-0.2, -0.15) is 0 Å². The van der Waals surface area contributed by atoms with E-state index in [-0.39, 0.29) is 0 Å². The summed E-state index contributed by atoms with van der Waals surface area (Å²) in [6, 6.07) is -0.598. The number of rotatable bonds is 5. The van der Waals surface area contributed by atoms with E-state index in [1.54, 1.807) is 6.92 Å². The number of carbonyl (C=O) groups excluding carboxylic acids is 2. The van der Waals surface area contributed by atoms with Gasteiger partial charge in [0, 0.05) is 6.54 Å². The molecule has 0 radical (unpaired) electrons. The Morgan fingerprint density at radius 2 is 2.15 bits per heavy atom. The highest BCUT2D eigenvalue weighted by Crippen LogP contribution is 2.33. The molecule has 13 heavy (non-hydrogen) atoms. The van der Waals surface area contributed by atoms with Crippen LogP contribution in [0.25, 0.3) is 0 Å². The Bertz CT molecular complexity index is 212. The van der Waals surface area contributed by atoms with Crippen molar-refractivity contribution in [1.82, 2.24) is 5.32 Å². The molecule has 4 heteroatoms. The van der Waals surface area contributed by atoms with E-state index in [0.717, 1.165) is 12.8 Å². The fourth-order valence-electron chi connectivity index (χ4n) is 1.24. The van der Waals surface area contributed by atoms with Gasteiger partial charge < -0.3 is 11.1 Å². The molecule has 0 aliphatic heterocycles. The summed E-state index contributed by atoms with van der Waals surface area (Å²) < 4.78 is 0. The van der Waals surface area contributed by atoms with Gasteiger partial charge in [-0.05, 0) is 19.3 Å². The van der Waals surface area contributed by atoms with E-state index in [2.05, 4.69) is 5.32 Å². The normalized spacial score (nSPS) is 18.0. The Kier molecular flexibility index (Phi) is 3.42. The van der Waals surface area contributed by atoms with Gasteiger partial charge >= 0.3 is 0 Å². The second-order valence-corrected chi connectivity index (χ2v) is 3.51. The summed E-state index contributed by atoms with van der Waals surface area (Å²) in [5.74, 6) is -0.447. The van der Waals surface area contributed by atoms with Gasteiger partial charge in [0.05, 0.1) is 6.04 Å². The van der Waals surface area contributed by atoms with Crippen LogP contribution in [0.2, 0.25) is 0 Å². The van der Waals surface area contributed by atoms with Crippen LogP contribution in [0.4, 0.5) is 0 Å². The zero-order valence-electron chi connectivity index (χ0n) is 7.88. The van der Waals surface area contributed by atoms with Crippen LogP contribution < -0.4 is 11.1 Å². The fraction of sp³-hybridized carbons (Fsp3) is 0.778. The molecule has 4 nitrogen and oxygen atoms in total. The Labute approximate surface area is 77.9 Å². The molecule has 0 saturated heterocycles. The first-order chi connectivity index (χ1) is 6.15. The zero-order chi connectivity index (χ0) is 9.84. The predicted octanol–water partition coefficient (Wildman–Crippen LogP) is -0.181. The second-order valence-electron chi connectivity index (χ2n) is 3.51.